The van der Waals surface area contributed by atoms with Crippen molar-refractivity contribution in [3.63, 3.8) is 0 Å². The first kappa shape index (κ1) is 25.9. The molecule has 38 heavy (non-hydrogen) atoms. The number of anilines is 2. The van der Waals surface area contributed by atoms with Crippen LogP contribution in [0.1, 0.15) is 49.2 Å². The normalized spacial score (nSPS) is 18.7. The van der Waals surface area contributed by atoms with Crippen LogP contribution >= 0.6 is 0 Å². The van der Waals surface area contributed by atoms with E-state index in [4.69, 9.17) is 15.5 Å². The second-order valence-electron chi connectivity index (χ2n) is 10.3. The molecule has 0 spiro atoms. The maximum absolute atomic E-state index is 14.5. The number of ether oxygens (including phenoxy) is 1. The quantitative estimate of drug-likeness (QED) is 0.404. The summed E-state index contributed by atoms with van der Waals surface area (Å²) in [5.41, 5.74) is 6.69. The second kappa shape index (κ2) is 10.2. The first-order valence-electron chi connectivity index (χ1n) is 12.6. The molecule has 3 aromatic rings. The zero-order valence-corrected chi connectivity index (χ0v) is 22.0. The number of nitrogens with zero attached hydrogens (tertiary/aromatic N) is 3. The molecule has 3 N–H and O–H groups in total. The van der Waals surface area contributed by atoms with Crippen LogP contribution in [0.15, 0.2) is 53.6 Å². The summed E-state index contributed by atoms with van der Waals surface area (Å²) in [6.07, 6.45) is 3.07. The van der Waals surface area contributed by atoms with Crippen LogP contribution in [0.5, 0.6) is 5.75 Å². The molecule has 1 amide bonds. The summed E-state index contributed by atoms with van der Waals surface area (Å²) in [6, 6.07) is 11.9. The van der Waals surface area contributed by atoms with Gasteiger partial charge >= 0.3 is 0 Å². The van der Waals surface area contributed by atoms with Crippen molar-refractivity contribution >= 4 is 27.6 Å². The van der Waals surface area contributed by atoms with Crippen molar-refractivity contribution in [2.75, 3.05) is 23.8 Å². The van der Waals surface area contributed by atoms with Gasteiger partial charge in [-0.05, 0) is 67.5 Å². The summed E-state index contributed by atoms with van der Waals surface area (Å²) in [6.45, 7) is 5.17. The standard InChI is InChI=1S/C27H30FN5O4S.4H2/c1-16(2)15-37-21-12-18(11-19(28)13-21)23-9-8-22(26(30-23)33-14-17-6-7-20(33)10-17)27(34)32-38(35,36)25-5-3-4-24(29)31-25;;;;/h3-5,8-9,11-13,16-17,20H,6-7,10,14-15H2,1-2H3,(H2,29,31)(H,32,34);4*1H/t17-,20?;;;;/m0..../s1. The summed E-state index contributed by atoms with van der Waals surface area (Å²) < 4.78 is 48.0. The van der Waals surface area contributed by atoms with E-state index in [2.05, 4.69) is 14.6 Å². The predicted octanol–water partition coefficient (Wildman–Crippen LogP) is 4.99. The van der Waals surface area contributed by atoms with Crippen LogP contribution in [0.4, 0.5) is 16.0 Å². The molecule has 2 aliphatic rings. The van der Waals surface area contributed by atoms with E-state index in [1.54, 1.807) is 12.1 Å². The number of pyridine rings is 2. The first-order chi connectivity index (χ1) is 18.1. The van der Waals surface area contributed by atoms with Crippen molar-refractivity contribution in [2.24, 2.45) is 11.8 Å². The Balaban J connectivity index is 0.00000220. The number of fused-ring (bicyclic) bond motifs is 2. The van der Waals surface area contributed by atoms with Crippen LogP contribution in [0.3, 0.4) is 0 Å². The number of piperidine rings is 1. The highest BCUT2D eigenvalue weighted by Crippen LogP contribution is 2.41. The van der Waals surface area contributed by atoms with Gasteiger partial charge < -0.3 is 15.4 Å². The van der Waals surface area contributed by atoms with Crippen molar-refractivity contribution in [3.8, 4) is 17.0 Å². The van der Waals surface area contributed by atoms with Crippen LogP contribution in [0.25, 0.3) is 11.3 Å². The number of carbonyl (C=O) groups is 1. The first-order valence-corrected chi connectivity index (χ1v) is 14.1. The van der Waals surface area contributed by atoms with E-state index >= 15 is 0 Å². The van der Waals surface area contributed by atoms with Gasteiger partial charge in [0.05, 0.1) is 17.9 Å². The number of nitrogens with one attached hydrogen (secondary N) is 1. The number of benzene rings is 1. The zero-order valence-electron chi connectivity index (χ0n) is 21.2. The highest BCUT2D eigenvalue weighted by Gasteiger charge is 2.40. The maximum atomic E-state index is 14.5. The number of hydrogen-bond donors (Lipinski definition) is 2. The molecule has 208 valence electrons. The third-order valence-corrected chi connectivity index (χ3v) is 8.03. The number of carbonyl (C=O) groups excluding carboxylic acids is 1. The van der Waals surface area contributed by atoms with Gasteiger partial charge in [-0.3, -0.25) is 4.79 Å². The molecule has 0 radical (unpaired) electrons. The fourth-order valence-corrected chi connectivity index (χ4v) is 6.00. The topological polar surface area (TPSA) is 128 Å². The van der Waals surface area contributed by atoms with E-state index in [1.807, 2.05) is 13.8 Å². The molecular weight excluding hydrogens is 509 g/mol. The van der Waals surface area contributed by atoms with E-state index in [1.165, 1.54) is 36.4 Å². The smallest absolute Gasteiger partial charge is 0.281 e. The number of sulfonamides is 1. The molecule has 2 aromatic heterocycles. The Labute approximate surface area is 227 Å². The molecule has 1 aliphatic heterocycles. The molecule has 2 atom stereocenters. The van der Waals surface area contributed by atoms with Crippen molar-refractivity contribution in [1.29, 1.82) is 0 Å². The average molecular weight is 548 g/mol. The third-order valence-electron chi connectivity index (χ3n) is 6.80. The van der Waals surface area contributed by atoms with Crippen LogP contribution in [-0.4, -0.2) is 43.5 Å². The Morgan fingerprint density at radius 3 is 2.71 bits per heavy atom. The van der Waals surface area contributed by atoms with Gasteiger partial charge in [0.25, 0.3) is 15.9 Å². The van der Waals surface area contributed by atoms with Crippen LogP contribution in [-0.2, 0) is 10.0 Å². The number of aromatic nitrogens is 2. The van der Waals surface area contributed by atoms with Crippen LogP contribution in [0, 0.1) is 17.7 Å². The van der Waals surface area contributed by atoms with Gasteiger partial charge in [-0.15, -0.1) is 0 Å². The number of nitrogens with two attached hydrogens (primary N) is 1. The summed E-state index contributed by atoms with van der Waals surface area (Å²) in [4.78, 5) is 24.0. The van der Waals surface area contributed by atoms with Crippen molar-refractivity contribution in [1.82, 2.24) is 14.7 Å². The molecule has 1 aromatic carbocycles. The fraction of sp³-hybridized carbons (Fsp3) is 0.370. The van der Waals surface area contributed by atoms with E-state index < -0.39 is 21.7 Å². The molecule has 1 saturated carbocycles. The van der Waals surface area contributed by atoms with Gasteiger partial charge in [0.15, 0.2) is 5.03 Å². The molecule has 5 rings (SSSR count). The summed E-state index contributed by atoms with van der Waals surface area (Å²) in [5.74, 6) is 0.252. The summed E-state index contributed by atoms with van der Waals surface area (Å²) in [5, 5.41) is -0.356. The molecule has 1 unspecified atom stereocenters. The minimum atomic E-state index is -4.27. The zero-order chi connectivity index (χ0) is 27.0. The largest absolute Gasteiger partial charge is 0.493 e. The van der Waals surface area contributed by atoms with Crippen molar-refractivity contribution in [3.05, 3.63) is 59.9 Å². The Kier molecular flexibility index (Phi) is 6.95. The minimum Gasteiger partial charge on any atom is -0.493 e. The lowest BCUT2D eigenvalue weighted by Gasteiger charge is -2.30. The van der Waals surface area contributed by atoms with Crippen LogP contribution in [0.2, 0.25) is 0 Å². The van der Waals surface area contributed by atoms with Crippen molar-refractivity contribution in [2.45, 2.75) is 44.2 Å². The van der Waals surface area contributed by atoms with Gasteiger partial charge in [0.1, 0.15) is 23.2 Å². The third kappa shape index (κ3) is 5.42. The number of halogens is 1. The molecule has 1 saturated heterocycles. The molecule has 2 fully saturated rings. The van der Waals surface area contributed by atoms with E-state index in [0.29, 0.717) is 35.3 Å². The fourth-order valence-electron chi connectivity index (χ4n) is 5.06. The molecule has 9 nitrogen and oxygen atoms in total. The van der Waals surface area contributed by atoms with E-state index in [-0.39, 0.29) is 34.1 Å². The van der Waals surface area contributed by atoms with Gasteiger partial charge in [0.2, 0.25) is 0 Å². The Morgan fingerprint density at radius 1 is 1.21 bits per heavy atom. The lowest BCUT2D eigenvalue weighted by Crippen LogP contribution is -2.37. The van der Waals surface area contributed by atoms with Gasteiger partial charge in [-0.25, -0.2) is 19.1 Å². The molecule has 11 heteroatoms. The monoisotopic (exact) mass is 547 g/mol. The molecular formula is C27H38FN5O4S. The van der Waals surface area contributed by atoms with Crippen molar-refractivity contribution < 1.29 is 28.0 Å². The SMILES string of the molecule is CC(C)COc1cc(F)cc(-c2ccc(C(=O)NS(=O)(=O)c3cccc(N)n3)c(N3C[C@H]4CCC3C4)n2)c1.[HH].[HH].[HH].[HH]. The predicted molar refractivity (Wildman–Crippen MR) is 150 cm³/mol. The molecule has 3 heterocycles. The van der Waals surface area contributed by atoms with Gasteiger partial charge in [-0.2, -0.15) is 8.42 Å². The Bertz CT molecular complexity index is 1500. The highest BCUT2D eigenvalue weighted by molar-refractivity contribution is 7.90. The highest BCUT2D eigenvalue weighted by atomic mass is 32.2. The van der Waals surface area contributed by atoms with E-state index in [0.717, 1.165) is 25.8 Å². The average Bonchev–Trinajstić information content (AvgIpc) is 3.51. The number of rotatable bonds is 8. The maximum Gasteiger partial charge on any atom is 0.281 e. The number of hydrogen-bond acceptors (Lipinski definition) is 8. The molecule has 1 aliphatic carbocycles. The second-order valence-corrected chi connectivity index (χ2v) is 11.9. The lowest BCUT2D eigenvalue weighted by molar-refractivity contribution is 0.0981. The number of nitrogen functional groups attached to an aromatic ring is 1. The van der Waals surface area contributed by atoms with E-state index in [9.17, 15) is 17.6 Å². The van der Waals surface area contributed by atoms with Crippen LogP contribution < -0.4 is 20.1 Å². The minimum absolute atomic E-state index is 0. The van der Waals surface area contributed by atoms with Gasteiger partial charge in [0, 0.05) is 29.9 Å². The van der Waals surface area contributed by atoms with Gasteiger partial charge in [-0.1, -0.05) is 19.9 Å². The summed E-state index contributed by atoms with van der Waals surface area (Å²) >= 11 is 0. The lowest BCUT2D eigenvalue weighted by atomic mass is 10.1. The number of amides is 1. The summed E-state index contributed by atoms with van der Waals surface area (Å²) in [7, 11) is -4.27. The molecule has 2 bridgehead atoms. The Morgan fingerprint density at radius 2 is 2.03 bits per heavy atom. The Hall–Kier alpha value is -3.73.